The number of rotatable bonds is 4. The largest absolute Gasteiger partial charge is 0.508 e. The fraction of sp³-hybridized carbons (Fsp3) is 0.0500. The zero-order valence-corrected chi connectivity index (χ0v) is 13.8. The van der Waals surface area contributed by atoms with Crippen LogP contribution in [0, 0.1) is 0 Å². The predicted octanol–water partition coefficient (Wildman–Crippen LogP) is 2.91. The van der Waals surface area contributed by atoms with Gasteiger partial charge in [-0.05, 0) is 30.3 Å². The van der Waals surface area contributed by atoms with Crippen LogP contribution in [0.4, 0.5) is 0 Å². The van der Waals surface area contributed by atoms with Crippen LogP contribution in [0.2, 0.25) is 0 Å². The Kier molecular flexibility index (Phi) is 4.07. The number of nitrogens with one attached hydrogen (secondary N) is 1. The summed E-state index contributed by atoms with van der Waals surface area (Å²) in [6, 6.07) is 17.8. The number of hydrogen-bond donors (Lipinski definition) is 2. The van der Waals surface area contributed by atoms with Crippen LogP contribution >= 0.6 is 0 Å². The van der Waals surface area contributed by atoms with Gasteiger partial charge in [-0.2, -0.15) is 0 Å². The Morgan fingerprint density at radius 2 is 1.69 bits per heavy atom. The van der Waals surface area contributed by atoms with E-state index >= 15 is 0 Å². The molecule has 0 unspecified atom stereocenters. The number of phenolic OH excluding ortho intramolecular Hbond substituents is 1. The second-order valence-corrected chi connectivity index (χ2v) is 5.79. The SMILES string of the molecule is O=c1c2ccccc2nc(-c2ccncc2)n1NCc1ccccc1O. The molecule has 6 nitrogen and oxygen atoms in total. The predicted molar refractivity (Wildman–Crippen MR) is 100 cm³/mol. The molecule has 0 fully saturated rings. The van der Waals surface area contributed by atoms with Gasteiger partial charge >= 0.3 is 0 Å². The minimum atomic E-state index is -0.196. The standard InChI is InChI=1S/C20H16N4O2/c25-18-8-4-1-5-15(18)13-22-24-19(14-9-11-21-12-10-14)23-17-7-3-2-6-16(17)20(24)26/h1-12,22,25H,13H2. The molecule has 0 spiro atoms. The van der Waals surface area contributed by atoms with Gasteiger partial charge in [-0.3, -0.25) is 9.78 Å². The van der Waals surface area contributed by atoms with Crippen LogP contribution in [0.15, 0.2) is 77.9 Å². The highest BCUT2D eigenvalue weighted by Gasteiger charge is 2.13. The second kappa shape index (κ2) is 6.68. The molecule has 26 heavy (non-hydrogen) atoms. The first kappa shape index (κ1) is 15.8. The van der Waals surface area contributed by atoms with Crippen LogP contribution in [0.3, 0.4) is 0 Å². The smallest absolute Gasteiger partial charge is 0.280 e. The number of aromatic nitrogens is 3. The van der Waals surface area contributed by atoms with E-state index in [1.54, 1.807) is 48.8 Å². The van der Waals surface area contributed by atoms with E-state index in [1.807, 2.05) is 24.3 Å². The van der Waals surface area contributed by atoms with E-state index in [0.717, 1.165) is 5.56 Å². The van der Waals surface area contributed by atoms with Gasteiger partial charge in [0, 0.05) is 23.5 Å². The van der Waals surface area contributed by atoms with Gasteiger partial charge in [0.05, 0.1) is 17.4 Å². The van der Waals surface area contributed by atoms with Crippen LogP contribution in [0.25, 0.3) is 22.3 Å². The fourth-order valence-corrected chi connectivity index (χ4v) is 2.80. The Labute approximate surface area is 149 Å². The van der Waals surface area contributed by atoms with Crippen molar-refractivity contribution in [3.8, 4) is 17.1 Å². The molecule has 0 aliphatic heterocycles. The molecule has 2 heterocycles. The molecule has 128 valence electrons. The average Bonchev–Trinajstić information content (AvgIpc) is 2.69. The van der Waals surface area contributed by atoms with Gasteiger partial charge in [0.2, 0.25) is 0 Å². The van der Waals surface area contributed by atoms with Gasteiger partial charge in [0.15, 0.2) is 5.82 Å². The van der Waals surface area contributed by atoms with Crippen molar-refractivity contribution in [2.45, 2.75) is 6.54 Å². The summed E-state index contributed by atoms with van der Waals surface area (Å²) >= 11 is 0. The second-order valence-electron chi connectivity index (χ2n) is 5.79. The van der Waals surface area contributed by atoms with E-state index in [-0.39, 0.29) is 17.9 Å². The molecule has 2 N–H and O–H groups in total. The number of phenols is 1. The number of nitrogens with zero attached hydrogens (tertiary/aromatic N) is 3. The minimum absolute atomic E-state index is 0.173. The Morgan fingerprint density at radius 1 is 0.962 bits per heavy atom. The molecule has 0 bridgehead atoms. The van der Waals surface area contributed by atoms with Crippen molar-refractivity contribution in [3.05, 3.63) is 89.0 Å². The van der Waals surface area contributed by atoms with Crippen LogP contribution in [-0.4, -0.2) is 19.8 Å². The Morgan fingerprint density at radius 3 is 2.50 bits per heavy atom. The Bertz CT molecular complexity index is 1120. The molecule has 4 aromatic rings. The van der Waals surface area contributed by atoms with Gasteiger partial charge in [0.25, 0.3) is 5.56 Å². The third-order valence-corrected chi connectivity index (χ3v) is 4.13. The lowest BCUT2D eigenvalue weighted by Gasteiger charge is -2.16. The van der Waals surface area contributed by atoms with Crippen LogP contribution in [-0.2, 0) is 6.54 Å². The third-order valence-electron chi connectivity index (χ3n) is 4.13. The molecular formula is C20H16N4O2. The topological polar surface area (TPSA) is 80.0 Å². The quantitative estimate of drug-likeness (QED) is 0.595. The van der Waals surface area contributed by atoms with Crippen molar-refractivity contribution < 1.29 is 5.11 Å². The first-order valence-corrected chi connectivity index (χ1v) is 8.17. The molecule has 2 aromatic heterocycles. The molecule has 4 rings (SSSR count). The van der Waals surface area contributed by atoms with E-state index in [9.17, 15) is 9.90 Å². The van der Waals surface area contributed by atoms with E-state index in [0.29, 0.717) is 22.3 Å². The van der Waals surface area contributed by atoms with E-state index in [2.05, 4.69) is 15.4 Å². The Balaban J connectivity index is 1.85. The monoisotopic (exact) mass is 344 g/mol. The summed E-state index contributed by atoms with van der Waals surface area (Å²) in [7, 11) is 0. The van der Waals surface area contributed by atoms with Crippen molar-refractivity contribution in [3.63, 3.8) is 0 Å². The first-order chi connectivity index (χ1) is 12.7. The van der Waals surface area contributed by atoms with E-state index < -0.39 is 0 Å². The maximum absolute atomic E-state index is 13.0. The van der Waals surface area contributed by atoms with Gasteiger partial charge in [-0.1, -0.05) is 30.3 Å². The molecular weight excluding hydrogens is 328 g/mol. The number of aromatic hydroxyl groups is 1. The van der Waals surface area contributed by atoms with Gasteiger partial charge in [-0.25, -0.2) is 9.66 Å². The van der Waals surface area contributed by atoms with Gasteiger partial charge in [-0.15, -0.1) is 0 Å². The number of fused-ring (bicyclic) bond motifs is 1. The van der Waals surface area contributed by atoms with Crippen molar-refractivity contribution in [2.75, 3.05) is 5.43 Å². The molecule has 0 radical (unpaired) electrons. The van der Waals surface area contributed by atoms with Gasteiger partial charge < -0.3 is 10.5 Å². The Hall–Kier alpha value is -3.67. The maximum atomic E-state index is 13.0. The number of pyridine rings is 1. The minimum Gasteiger partial charge on any atom is -0.508 e. The highest BCUT2D eigenvalue weighted by atomic mass is 16.3. The fourth-order valence-electron chi connectivity index (χ4n) is 2.80. The summed E-state index contributed by atoms with van der Waals surface area (Å²) in [5.41, 5.74) is 4.98. The molecule has 0 aliphatic carbocycles. The van der Waals surface area contributed by atoms with E-state index in [1.165, 1.54) is 4.68 Å². The number of hydrogen-bond acceptors (Lipinski definition) is 5. The molecule has 0 aliphatic rings. The highest BCUT2D eigenvalue weighted by molar-refractivity contribution is 5.79. The van der Waals surface area contributed by atoms with Crippen LogP contribution < -0.4 is 11.0 Å². The summed E-state index contributed by atoms with van der Waals surface area (Å²) < 4.78 is 1.42. The maximum Gasteiger partial charge on any atom is 0.280 e. The molecule has 0 saturated heterocycles. The van der Waals surface area contributed by atoms with Crippen molar-refractivity contribution in [1.29, 1.82) is 0 Å². The first-order valence-electron chi connectivity index (χ1n) is 8.17. The molecule has 6 heteroatoms. The molecule has 0 amide bonds. The summed E-state index contributed by atoms with van der Waals surface area (Å²) in [6.07, 6.45) is 3.31. The normalized spacial score (nSPS) is 10.8. The summed E-state index contributed by atoms with van der Waals surface area (Å²) in [4.78, 5) is 21.7. The lowest BCUT2D eigenvalue weighted by Crippen LogP contribution is -2.31. The van der Waals surface area contributed by atoms with Crippen molar-refractivity contribution >= 4 is 10.9 Å². The van der Waals surface area contributed by atoms with Gasteiger partial charge in [0.1, 0.15) is 5.75 Å². The van der Waals surface area contributed by atoms with Crippen LogP contribution in [0.1, 0.15) is 5.56 Å². The van der Waals surface area contributed by atoms with Crippen molar-refractivity contribution in [2.24, 2.45) is 0 Å². The third kappa shape index (κ3) is 2.88. The summed E-state index contributed by atoms with van der Waals surface area (Å²) in [5.74, 6) is 0.666. The lowest BCUT2D eigenvalue weighted by atomic mass is 10.2. The van der Waals surface area contributed by atoms with Crippen LogP contribution in [0.5, 0.6) is 5.75 Å². The lowest BCUT2D eigenvalue weighted by molar-refractivity contribution is 0.468. The highest BCUT2D eigenvalue weighted by Crippen LogP contribution is 2.19. The number of para-hydroxylation sites is 2. The number of benzene rings is 2. The molecule has 0 atom stereocenters. The van der Waals surface area contributed by atoms with Crippen molar-refractivity contribution in [1.82, 2.24) is 14.6 Å². The zero-order chi connectivity index (χ0) is 17.9. The zero-order valence-electron chi connectivity index (χ0n) is 13.8. The van der Waals surface area contributed by atoms with E-state index in [4.69, 9.17) is 0 Å². The average molecular weight is 344 g/mol. The molecule has 0 saturated carbocycles. The summed E-state index contributed by atoms with van der Waals surface area (Å²) in [6.45, 7) is 0.282. The molecule has 2 aromatic carbocycles. The summed E-state index contributed by atoms with van der Waals surface area (Å²) in [5, 5.41) is 10.5.